The number of nitrogens with zero attached hydrogens (tertiary/aromatic N) is 1. The molecule has 1 aromatic carbocycles. The van der Waals surface area contributed by atoms with Crippen LogP contribution in [0, 0.1) is 11.3 Å². The van der Waals surface area contributed by atoms with E-state index in [4.69, 9.17) is 0 Å². The number of nitrogens with one attached hydrogen (secondary N) is 1. The van der Waals surface area contributed by atoms with Crippen molar-refractivity contribution >= 4 is 11.8 Å². The van der Waals surface area contributed by atoms with Gasteiger partial charge in [-0.15, -0.1) is 0 Å². The zero-order valence-corrected chi connectivity index (χ0v) is 13.0. The van der Waals surface area contributed by atoms with E-state index in [9.17, 15) is 5.26 Å². The molecule has 19 heavy (non-hydrogen) atoms. The minimum Gasteiger partial charge on any atom is -0.293 e. The maximum absolute atomic E-state index is 9.71. The normalized spacial score (nSPS) is 14.1. The zero-order valence-electron chi connectivity index (χ0n) is 12.1. The van der Waals surface area contributed by atoms with Crippen LogP contribution in [-0.4, -0.2) is 17.5 Å². The van der Waals surface area contributed by atoms with Crippen molar-refractivity contribution < 1.29 is 0 Å². The molecule has 1 unspecified atom stereocenters. The molecule has 0 heterocycles. The van der Waals surface area contributed by atoms with E-state index in [0.29, 0.717) is 0 Å². The second-order valence-electron chi connectivity index (χ2n) is 5.09. The number of rotatable bonds is 8. The van der Waals surface area contributed by atoms with Gasteiger partial charge in [-0.2, -0.15) is 17.0 Å². The molecule has 0 amide bonds. The van der Waals surface area contributed by atoms with Gasteiger partial charge in [-0.3, -0.25) is 5.32 Å². The van der Waals surface area contributed by atoms with Crippen LogP contribution in [0.5, 0.6) is 0 Å². The Morgan fingerprint density at radius 2 is 2.00 bits per heavy atom. The van der Waals surface area contributed by atoms with E-state index in [1.54, 1.807) is 0 Å². The van der Waals surface area contributed by atoms with Crippen LogP contribution in [0.3, 0.4) is 0 Å². The van der Waals surface area contributed by atoms with Gasteiger partial charge in [0.25, 0.3) is 0 Å². The number of hydrogen-bond acceptors (Lipinski definition) is 3. The van der Waals surface area contributed by atoms with Crippen LogP contribution in [0.25, 0.3) is 0 Å². The Bertz CT molecular complexity index is 397. The summed E-state index contributed by atoms with van der Waals surface area (Å²) < 4.78 is 0. The van der Waals surface area contributed by atoms with Crippen molar-refractivity contribution in [3.05, 3.63) is 35.9 Å². The summed E-state index contributed by atoms with van der Waals surface area (Å²) in [7, 11) is 0. The first-order chi connectivity index (χ1) is 9.14. The van der Waals surface area contributed by atoms with E-state index in [2.05, 4.69) is 32.2 Å². The summed E-state index contributed by atoms with van der Waals surface area (Å²) in [5.41, 5.74) is 0.489. The van der Waals surface area contributed by atoms with Crippen molar-refractivity contribution in [3.8, 4) is 6.07 Å². The highest BCUT2D eigenvalue weighted by molar-refractivity contribution is 7.99. The first-order valence-electron chi connectivity index (χ1n) is 6.97. The third-order valence-corrected chi connectivity index (χ3v) is 4.17. The summed E-state index contributed by atoms with van der Waals surface area (Å²) in [6.45, 7) is 6.37. The van der Waals surface area contributed by atoms with Gasteiger partial charge in [-0.25, -0.2) is 0 Å². The summed E-state index contributed by atoms with van der Waals surface area (Å²) in [5.74, 6) is 1.91. The topological polar surface area (TPSA) is 35.8 Å². The second kappa shape index (κ2) is 8.24. The lowest BCUT2D eigenvalue weighted by molar-refractivity contribution is 0.425. The Morgan fingerprint density at radius 1 is 1.32 bits per heavy atom. The van der Waals surface area contributed by atoms with Gasteiger partial charge in [0.05, 0.1) is 6.07 Å². The molecule has 0 aliphatic rings. The zero-order chi connectivity index (χ0) is 14.1. The first kappa shape index (κ1) is 16.1. The molecule has 0 radical (unpaired) electrons. The molecule has 0 spiro atoms. The summed E-state index contributed by atoms with van der Waals surface area (Å²) >= 11 is 1.86. The van der Waals surface area contributed by atoms with E-state index in [1.807, 2.05) is 42.1 Å². The van der Waals surface area contributed by atoms with E-state index in [-0.39, 0.29) is 6.04 Å². The maximum atomic E-state index is 9.71. The summed E-state index contributed by atoms with van der Waals surface area (Å²) in [6.07, 6.45) is 2.41. The highest BCUT2D eigenvalue weighted by Crippen LogP contribution is 2.26. The van der Waals surface area contributed by atoms with E-state index >= 15 is 0 Å². The molecule has 0 bridgehead atoms. The summed E-state index contributed by atoms with van der Waals surface area (Å²) in [4.78, 5) is 0. The number of hydrogen-bond donors (Lipinski definition) is 1. The van der Waals surface area contributed by atoms with Crippen LogP contribution in [0.15, 0.2) is 30.3 Å². The van der Waals surface area contributed by atoms with Gasteiger partial charge in [0.15, 0.2) is 0 Å². The fourth-order valence-electron chi connectivity index (χ4n) is 2.02. The van der Waals surface area contributed by atoms with Gasteiger partial charge >= 0.3 is 0 Å². The monoisotopic (exact) mass is 276 g/mol. The van der Waals surface area contributed by atoms with Crippen molar-refractivity contribution in [1.82, 2.24) is 5.32 Å². The molecular formula is C16H24N2S. The van der Waals surface area contributed by atoms with Gasteiger partial charge in [0.2, 0.25) is 0 Å². The Hall–Kier alpha value is -0.980. The molecule has 3 heteroatoms. The Kier molecular flexibility index (Phi) is 6.97. The Labute approximate surface area is 121 Å². The van der Waals surface area contributed by atoms with Gasteiger partial charge in [-0.1, -0.05) is 43.7 Å². The van der Waals surface area contributed by atoms with Crippen molar-refractivity contribution in [2.45, 2.75) is 45.2 Å². The van der Waals surface area contributed by atoms with Gasteiger partial charge in [0.1, 0.15) is 5.54 Å². The Balaban J connectivity index is 2.86. The average Bonchev–Trinajstić information content (AvgIpc) is 2.43. The number of benzene rings is 1. The van der Waals surface area contributed by atoms with Gasteiger partial charge in [0, 0.05) is 11.8 Å². The molecule has 1 atom stereocenters. The fraction of sp³-hybridized carbons (Fsp3) is 0.562. The van der Waals surface area contributed by atoms with Crippen molar-refractivity contribution in [1.29, 1.82) is 5.26 Å². The largest absolute Gasteiger partial charge is 0.293 e. The highest BCUT2D eigenvalue weighted by Gasteiger charge is 2.32. The lowest BCUT2D eigenvalue weighted by atomic mass is 9.92. The van der Waals surface area contributed by atoms with Crippen LogP contribution >= 0.6 is 11.8 Å². The molecule has 104 valence electrons. The highest BCUT2D eigenvalue weighted by atomic mass is 32.2. The average molecular weight is 276 g/mol. The molecule has 2 nitrogen and oxygen atoms in total. The lowest BCUT2D eigenvalue weighted by Gasteiger charge is -2.30. The fourth-order valence-corrected chi connectivity index (χ4v) is 3.28. The quantitative estimate of drug-likeness (QED) is 0.731. The third-order valence-electron chi connectivity index (χ3n) is 2.95. The van der Waals surface area contributed by atoms with Crippen LogP contribution in [-0.2, 0) is 5.54 Å². The van der Waals surface area contributed by atoms with Crippen molar-refractivity contribution in [2.75, 3.05) is 11.5 Å². The minimum absolute atomic E-state index is 0.284. The Morgan fingerprint density at radius 3 is 2.53 bits per heavy atom. The molecule has 0 aliphatic heterocycles. The first-order valence-corrected chi connectivity index (χ1v) is 8.12. The third kappa shape index (κ3) is 4.89. The van der Waals surface area contributed by atoms with Gasteiger partial charge < -0.3 is 0 Å². The van der Waals surface area contributed by atoms with Crippen LogP contribution in [0.2, 0.25) is 0 Å². The molecule has 0 aliphatic carbocycles. The van der Waals surface area contributed by atoms with Crippen molar-refractivity contribution in [3.63, 3.8) is 0 Å². The second-order valence-corrected chi connectivity index (χ2v) is 6.19. The molecule has 0 fully saturated rings. The summed E-state index contributed by atoms with van der Waals surface area (Å²) in [6, 6.07) is 12.9. The molecule has 0 saturated heterocycles. The van der Waals surface area contributed by atoms with E-state index in [0.717, 1.165) is 17.1 Å². The molecule has 0 aromatic heterocycles. The summed E-state index contributed by atoms with van der Waals surface area (Å²) in [5, 5.41) is 13.2. The number of unbranched alkanes of at least 4 members (excludes halogenated alkanes) is 1. The maximum Gasteiger partial charge on any atom is 0.141 e. The number of nitriles is 1. The predicted octanol–water partition coefficient (Wildman–Crippen LogP) is 3.94. The molecule has 1 N–H and O–H groups in total. The lowest BCUT2D eigenvalue weighted by Crippen LogP contribution is -2.47. The van der Waals surface area contributed by atoms with Crippen LogP contribution < -0.4 is 5.32 Å². The van der Waals surface area contributed by atoms with Crippen molar-refractivity contribution in [2.24, 2.45) is 0 Å². The molecular weight excluding hydrogens is 252 g/mol. The number of thioether (sulfide) groups is 1. The van der Waals surface area contributed by atoms with Crippen LogP contribution in [0.1, 0.15) is 39.2 Å². The standard InChI is InChI=1S/C16H24N2S/c1-4-5-11-19-13-16(12-17,18-14(2)3)15-9-7-6-8-10-15/h6-10,14,18H,4-5,11,13H2,1-3H3. The van der Waals surface area contributed by atoms with Gasteiger partial charge in [-0.05, 0) is 31.6 Å². The van der Waals surface area contributed by atoms with E-state index in [1.165, 1.54) is 12.8 Å². The SMILES string of the molecule is CCCCSCC(C#N)(NC(C)C)c1ccccc1. The molecule has 0 saturated carbocycles. The molecule has 1 aromatic rings. The smallest absolute Gasteiger partial charge is 0.141 e. The van der Waals surface area contributed by atoms with E-state index < -0.39 is 5.54 Å². The molecule has 1 rings (SSSR count). The predicted molar refractivity (Wildman–Crippen MR) is 84.2 cm³/mol. The van der Waals surface area contributed by atoms with Crippen LogP contribution in [0.4, 0.5) is 0 Å². The minimum atomic E-state index is -0.576.